The molecule has 0 aliphatic rings. The number of carbonyl (C=O) groups excluding carboxylic acids is 1. The predicted molar refractivity (Wildman–Crippen MR) is 87.3 cm³/mol. The number of halogens is 2. The van der Waals surface area contributed by atoms with E-state index in [1.807, 2.05) is 34.6 Å². The fraction of sp³-hybridized carbons (Fsp3) is 0.467. The predicted octanol–water partition coefficient (Wildman–Crippen LogP) is 4.56. The number of nitrogens with zero attached hydrogens (tertiary/aromatic N) is 2. The molecule has 0 bridgehead atoms. The Labute approximate surface area is 165 Å². The summed E-state index contributed by atoms with van der Waals surface area (Å²) in [6.45, 7) is 9.49. The van der Waals surface area contributed by atoms with Gasteiger partial charge in [0.25, 0.3) is 0 Å². The van der Waals surface area contributed by atoms with Crippen molar-refractivity contribution in [3.8, 4) is 5.75 Å². The summed E-state index contributed by atoms with van der Waals surface area (Å²) in [5, 5.41) is 5.60. The quantitative estimate of drug-likeness (QED) is 0.227. The molecule has 0 aromatic heterocycles. The molecule has 0 atom stereocenters. The van der Waals surface area contributed by atoms with E-state index in [1.165, 1.54) is 6.07 Å². The molecule has 0 aliphatic heterocycles. The van der Waals surface area contributed by atoms with E-state index in [-0.39, 0.29) is 47.7 Å². The van der Waals surface area contributed by atoms with Gasteiger partial charge in [0.1, 0.15) is 5.75 Å². The summed E-state index contributed by atoms with van der Waals surface area (Å²) in [5.41, 5.74) is 0.0362. The fourth-order valence-electron chi connectivity index (χ4n) is 1.35. The van der Waals surface area contributed by atoms with Gasteiger partial charge in [0, 0.05) is 0 Å². The van der Waals surface area contributed by atoms with Crippen molar-refractivity contribution in [3.63, 3.8) is 0 Å². The van der Waals surface area contributed by atoms with E-state index in [9.17, 15) is 4.79 Å². The van der Waals surface area contributed by atoms with Gasteiger partial charge in [-0.25, -0.2) is 0 Å². The van der Waals surface area contributed by atoms with Crippen LogP contribution in [0, 0.1) is 36.5 Å². The Hall–Kier alpha value is -0.208. The second kappa shape index (κ2) is 9.18. The normalized spacial score (nSPS) is 11.5. The van der Waals surface area contributed by atoms with Crippen LogP contribution in [-0.2, 0) is 4.79 Å². The molecule has 1 rings (SSSR count). The molecule has 1 aromatic rings. The minimum absolute atomic E-state index is 0. The van der Waals surface area contributed by atoms with Crippen LogP contribution >= 0.6 is 23.2 Å². The van der Waals surface area contributed by atoms with Crippen LogP contribution < -0.4 is 9.75 Å². The number of hydrogen-bond acceptors (Lipinski definition) is 3. The third-order valence-electron chi connectivity index (χ3n) is 2.16. The molecule has 0 heterocycles. The van der Waals surface area contributed by atoms with Crippen LogP contribution in [0.2, 0.25) is 10.0 Å². The Kier molecular flexibility index (Phi) is 9.09. The molecule has 118 valence electrons. The Morgan fingerprint density at radius 3 is 2.27 bits per heavy atom. The van der Waals surface area contributed by atoms with Gasteiger partial charge in [-0.15, -0.1) is 11.6 Å². The summed E-state index contributed by atoms with van der Waals surface area (Å²) in [4.78, 5) is 11.1. The van der Waals surface area contributed by atoms with Crippen LogP contribution in [0.4, 0.5) is 5.69 Å². The molecule has 0 saturated carbocycles. The number of ether oxygens (including phenoxy) is 1. The largest absolute Gasteiger partial charge is 2.00 e. The third-order valence-corrected chi connectivity index (χ3v) is 2.76. The molecular formula is C15H18Cl2N2O2U. The molecule has 0 saturated heterocycles. The number of hydrazone groups is 1. The molecule has 4 nitrogen and oxygen atoms in total. The summed E-state index contributed by atoms with van der Waals surface area (Å²) in [5.74, 6) is 0.428. The maximum atomic E-state index is 11.1. The molecule has 1 amide bonds. The van der Waals surface area contributed by atoms with E-state index in [1.54, 1.807) is 12.5 Å². The summed E-state index contributed by atoms with van der Waals surface area (Å²) in [6, 6.07) is 3.07. The molecule has 7 heteroatoms. The Bertz CT molecular complexity index is 543. The number of rotatable bonds is 5. The van der Waals surface area contributed by atoms with Gasteiger partial charge in [0.2, 0.25) is 0 Å². The van der Waals surface area contributed by atoms with Gasteiger partial charge < -0.3 is 25.9 Å². The Morgan fingerprint density at radius 1 is 1.23 bits per heavy atom. The number of amides is 1. The van der Waals surface area contributed by atoms with Gasteiger partial charge in [-0.1, -0.05) is 44.1 Å². The zero-order chi connectivity index (χ0) is 16.2. The van der Waals surface area contributed by atoms with E-state index in [0.29, 0.717) is 16.5 Å². The van der Waals surface area contributed by atoms with Crippen LogP contribution in [-0.4, -0.2) is 18.7 Å². The average Bonchev–Trinajstić information content (AvgIpc) is 2.33. The smallest absolute Gasteiger partial charge is 0.491 e. The maximum absolute atomic E-state index is 11.1. The molecule has 0 fully saturated rings. The van der Waals surface area contributed by atoms with Crippen LogP contribution in [0.5, 0.6) is 5.75 Å². The second-order valence-corrected chi connectivity index (χ2v) is 6.58. The molecular weight excluding hydrogens is 549 g/mol. The summed E-state index contributed by atoms with van der Waals surface area (Å²) in [6.07, 6.45) is 4.47. The van der Waals surface area contributed by atoms with E-state index in [0.717, 1.165) is 5.01 Å². The summed E-state index contributed by atoms with van der Waals surface area (Å²) >= 11 is 12.2. The molecule has 0 aliphatic carbocycles. The van der Waals surface area contributed by atoms with Crippen molar-refractivity contribution in [1.82, 2.24) is 0 Å². The summed E-state index contributed by atoms with van der Waals surface area (Å²) in [7, 11) is 0. The fourth-order valence-corrected chi connectivity index (χ4v) is 1.86. The van der Waals surface area contributed by atoms with E-state index in [4.69, 9.17) is 27.9 Å². The zero-order valence-electron chi connectivity index (χ0n) is 13.2. The van der Waals surface area contributed by atoms with Crippen molar-refractivity contribution < 1.29 is 40.6 Å². The van der Waals surface area contributed by atoms with E-state index >= 15 is 0 Å². The van der Waals surface area contributed by atoms with Gasteiger partial charge in [-0.2, -0.15) is 5.41 Å². The molecule has 22 heavy (non-hydrogen) atoms. The average molecular weight is 567 g/mol. The standard InChI is InChI=1S/C15H18Cl2N2O2.U/c1-10(2)21-14-7-13(11(16)6-12(14)17)19(9-20)18-8-15(3,4)5;/h6-7,10H,1-5H3;/q-2;+2. The van der Waals surface area contributed by atoms with Crippen molar-refractivity contribution in [2.45, 2.75) is 40.7 Å². The van der Waals surface area contributed by atoms with Crippen LogP contribution in [0.25, 0.3) is 0 Å². The van der Waals surface area contributed by atoms with Crippen molar-refractivity contribution in [2.75, 3.05) is 5.01 Å². The van der Waals surface area contributed by atoms with Gasteiger partial charge in [-0.3, -0.25) is 0 Å². The third kappa shape index (κ3) is 6.92. The minimum Gasteiger partial charge on any atom is -0.491 e. The molecule has 0 spiro atoms. The molecule has 0 N–H and O–H groups in total. The van der Waals surface area contributed by atoms with Gasteiger partial charge >= 0.3 is 31.1 Å². The summed E-state index contributed by atoms with van der Waals surface area (Å²) < 4.78 is 5.57. The molecule has 0 unspecified atom stereocenters. The monoisotopic (exact) mass is 566 g/mol. The topological polar surface area (TPSA) is 41.9 Å². The van der Waals surface area contributed by atoms with Crippen LogP contribution in [0.3, 0.4) is 0 Å². The van der Waals surface area contributed by atoms with Crippen LogP contribution in [0.15, 0.2) is 17.2 Å². The van der Waals surface area contributed by atoms with Crippen LogP contribution in [0.1, 0.15) is 34.6 Å². The number of benzene rings is 1. The first kappa shape index (κ1) is 21.8. The Morgan fingerprint density at radius 2 is 1.82 bits per heavy atom. The van der Waals surface area contributed by atoms with Crippen molar-refractivity contribution in [1.29, 1.82) is 0 Å². The first-order valence-corrected chi connectivity index (χ1v) is 7.21. The van der Waals surface area contributed by atoms with Gasteiger partial charge in [-0.05, 0) is 24.9 Å². The first-order chi connectivity index (χ1) is 9.64. The number of hydrogen-bond donors (Lipinski definition) is 0. The number of anilines is 1. The van der Waals surface area contributed by atoms with Crippen molar-refractivity contribution in [2.24, 2.45) is 10.5 Å². The van der Waals surface area contributed by atoms with Gasteiger partial charge in [0.05, 0.1) is 17.5 Å². The molecule has 0 radical (unpaired) electrons. The van der Waals surface area contributed by atoms with Crippen molar-refractivity contribution in [3.05, 3.63) is 22.2 Å². The van der Waals surface area contributed by atoms with E-state index < -0.39 is 0 Å². The SMILES string of the molecule is CC(C)Oc1cc(N([C-]=O)N=[C-]C(C)(C)C)c(Cl)cc1Cl.[U+2]. The molecule has 1 aromatic carbocycles. The zero-order valence-corrected chi connectivity index (χ0v) is 18.9. The maximum Gasteiger partial charge on any atom is 2.00 e. The second-order valence-electron chi connectivity index (χ2n) is 5.77. The van der Waals surface area contributed by atoms with Crippen molar-refractivity contribution >= 4 is 41.5 Å². The minimum atomic E-state index is -0.300. The first-order valence-electron chi connectivity index (χ1n) is 6.45. The Balaban J connectivity index is 0.00000441. The van der Waals surface area contributed by atoms with Gasteiger partial charge in [0.15, 0.2) is 0 Å². The van der Waals surface area contributed by atoms with E-state index in [2.05, 4.69) is 11.3 Å².